The van der Waals surface area contributed by atoms with Crippen LogP contribution in [0, 0.1) is 5.82 Å². The smallest absolute Gasteiger partial charge is 0.335 e. The first-order chi connectivity index (χ1) is 12.1. The fourth-order valence-electron chi connectivity index (χ4n) is 2.33. The van der Waals surface area contributed by atoms with Crippen LogP contribution in [-0.4, -0.2) is 18.2 Å². The van der Waals surface area contributed by atoms with Gasteiger partial charge in [0.25, 0.3) is 6.29 Å². The van der Waals surface area contributed by atoms with E-state index in [2.05, 4.69) is 0 Å². The van der Waals surface area contributed by atoms with Crippen molar-refractivity contribution in [2.75, 3.05) is 7.11 Å². The molecule has 1 aliphatic rings. The van der Waals surface area contributed by atoms with Crippen molar-refractivity contribution in [1.29, 1.82) is 0 Å². The second-order valence-electron chi connectivity index (χ2n) is 5.19. The molecule has 0 atom stereocenters. The standard InChI is InChI=1S/C18H15FO6/c1-22-13-4-2-11(3-5-13)10-25-16-14(18-23-6-7-24-18)8-12(17(20)21)9-15(16)19/h2-9,18H,10H2,1H3,(H,20,21). The van der Waals surface area contributed by atoms with Gasteiger partial charge in [0.15, 0.2) is 11.6 Å². The van der Waals surface area contributed by atoms with E-state index in [0.29, 0.717) is 5.75 Å². The summed E-state index contributed by atoms with van der Waals surface area (Å²) in [4.78, 5) is 11.2. The van der Waals surface area contributed by atoms with E-state index < -0.39 is 18.1 Å². The van der Waals surface area contributed by atoms with Crippen molar-refractivity contribution in [3.8, 4) is 11.5 Å². The molecule has 0 fully saturated rings. The quantitative estimate of drug-likeness (QED) is 0.861. The number of ether oxygens (including phenoxy) is 4. The lowest BCUT2D eigenvalue weighted by molar-refractivity contribution is -0.0270. The zero-order chi connectivity index (χ0) is 17.8. The maximum absolute atomic E-state index is 14.4. The lowest BCUT2D eigenvalue weighted by Gasteiger charge is -2.17. The number of methoxy groups -OCH3 is 1. The van der Waals surface area contributed by atoms with Crippen molar-refractivity contribution in [3.05, 3.63) is 71.4 Å². The Bertz CT molecular complexity index is 792. The summed E-state index contributed by atoms with van der Waals surface area (Å²) in [5.74, 6) is -1.48. The van der Waals surface area contributed by atoms with Gasteiger partial charge in [0.05, 0.1) is 18.2 Å². The summed E-state index contributed by atoms with van der Waals surface area (Å²) in [7, 11) is 1.56. The van der Waals surface area contributed by atoms with Gasteiger partial charge in [0.1, 0.15) is 24.9 Å². The average molecular weight is 346 g/mol. The zero-order valence-corrected chi connectivity index (χ0v) is 13.3. The van der Waals surface area contributed by atoms with Crippen molar-refractivity contribution in [1.82, 2.24) is 0 Å². The lowest BCUT2D eigenvalue weighted by atomic mass is 10.1. The third-order valence-electron chi connectivity index (χ3n) is 3.58. The molecule has 0 radical (unpaired) electrons. The highest BCUT2D eigenvalue weighted by molar-refractivity contribution is 5.88. The van der Waals surface area contributed by atoms with E-state index in [0.717, 1.165) is 11.6 Å². The average Bonchev–Trinajstić information content (AvgIpc) is 3.15. The van der Waals surface area contributed by atoms with E-state index in [1.165, 1.54) is 18.6 Å². The number of hydrogen-bond acceptors (Lipinski definition) is 5. The van der Waals surface area contributed by atoms with Crippen molar-refractivity contribution in [2.45, 2.75) is 12.9 Å². The van der Waals surface area contributed by atoms with Crippen LogP contribution in [0.5, 0.6) is 11.5 Å². The Hall–Kier alpha value is -3.22. The van der Waals surface area contributed by atoms with Gasteiger partial charge in [0.2, 0.25) is 0 Å². The molecule has 0 amide bonds. The molecule has 0 saturated carbocycles. The Labute approximate surface area is 143 Å². The summed E-state index contributed by atoms with van der Waals surface area (Å²) >= 11 is 0. The Kier molecular flexibility index (Phi) is 4.74. The first kappa shape index (κ1) is 16.6. The van der Waals surface area contributed by atoms with Gasteiger partial charge in [-0.1, -0.05) is 12.1 Å². The van der Waals surface area contributed by atoms with Gasteiger partial charge in [-0.2, -0.15) is 0 Å². The predicted molar refractivity (Wildman–Crippen MR) is 84.7 cm³/mol. The van der Waals surface area contributed by atoms with E-state index in [1.54, 1.807) is 31.4 Å². The molecular formula is C18H15FO6. The second kappa shape index (κ2) is 7.12. The maximum atomic E-state index is 14.4. The molecule has 0 unspecified atom stereocenters. The summed E-state index contributed by atoms with van der Waals surface area (Å²) in [6.45, 7) is 0.0838. The maximum Gasteiger partial charge on any atom is 0.335 e. The molecule has 0 spiro atoms. The Morgan fingerprint density at radius 3 is 2.48 bits per heavy atom. The van der Waals surface area contributed by atoms with E-state index in [1.807, 2.05) is 0 Å². The summed E-state index contributed by atoms with van der Waals surface area (Å²) < 4.78 is 35.4. The number of carbonyl (C=O) groups is 1. The molecule has 1 heterocycles. The number of halogens is 1. The molecule has 3 rings (SSSR count). The molecule has 6 nitrogen and oxygen atoms in total. The van der Waals surface area contributed by atoms with Crippen molar-refractivity contribution < 1.29 is 33.2 Å². The molecule has 0 bridgehead atoms. The first-order valence-corrected chi connectivity index (χ1v) is 7.37. The van der Waals surface area contributed by atoms with Crippen LogP contribution in [0.1, 0.15) is 27.8 Å². The second-order valence-corrected chi connectivity index (χ2v) is 5.19. The summed E-state index contributed by atoms with van der Waals surface area (Å²) in [6, 6.07) is 9.26. The minimum atomic E-state index is -1.26. The van der Waals surface area contributed by atoms with E-state index in [4.69, 9.17) is 24.1 Å². The highest BCUT2D eigenvalue weighted by atomic mass is 19.1. The number of aromatic carboxylic acids is 1. The minimum Gasteiger partial charge on any atom is -0.497 e. The van der Waals surface area contributed by atoms with Gasteiger partial charge in [-0.25, -0.2) is 9.18 Å². The SMILES string of the molecule is COc1ccc(COc2c(F)cc(C(=O)O)cc2C2OC=CO2)cc1. The third kappa shape index (κ3) is 3.65. The molecule has 0 saturated heterocycles. The molecule has 2 aromatic carbocycles. The van der Waals surface area contributed by atoms with Crippen LogP contribution in [0.2, 0.25) is 0 Å². The van der Waals surface area contributed by atoms with Gasteiger partial charge >= 0.3 is 5.97 Å². The molecule has 1 N–H and O–H groups in total. The lowest BCUT2D eigenvalue weighted by Crippen LogP contribution is -2.09. The number of carboxylic acids is 1. The fraction of sp³-hybridized carbons (Fsp3) is 0.167. The minimum absolute atomic E-state index is 0.0838. The van der Waals surface area contributed by atoms with Gasteiger partial charge < -0.3 is 24.1 Å². The molecule has 25 heavy (non-hydrogen) atoms. The summed E-state index contributed by atoms with van der Waals surface area (Å²) in [6.07, 6.45) is 1.63. The normalized spacial score (nSPS) is 13.2. The van der Waals surface area contributed by atoms with Gasteiger partial charge in [0, 0.05) is 0 Å². The molecule has 2 aromatic rings. The van der Waals surface area contributed by atoms with Crippen molar-refractivity contribution >= 4 is 5.97 Å². The molecule has 0 aliphatic carbocycles. The number of hydrogen-bond donors (Lipinski definition) is 1. The number of benzene rings is 2. The van der Waals surface area contributed by atoms with Crippen LogP contribution in [0.3, 0.4) is 0 Å². The predicted octanol–water partition coefficient (Wildman–Crippen LogP) is 3.63. The molecule has 130 valence electrons. The Morgan fingerprint density at radius 2 is 1.88 bits per heavy atom. The molecule has 0 aromatic heterocycles. The van der Waals surface area contributed by atoms with E-state index >= 15 is 0 Å². The fourth-order valence-corrected chi connectivity index (χ4v) is 2.33. The van der Waals surface area contributed by atoms with E-state index in [9.17, 15) is 9.18 Å². The van der Waals surface area contributed by atoms with Crippen LogP contribution in [0.15, 0.2) is 48.9 Å². The molecule has 1 aliphatic heterocycles. The summed E-state index contributed by atoms with van der Waals surface area (Å²) in [5, 5.41) is 9.11. The van der Waals surface area contributed by atoms with Crippen LogP contribution >= 0.6 is 0 Å². The molecular weight excluding hydrogens is 331 g/mol. The summed E-state index contributed by atoms with van der Waals surface area (Å²) in [5.41, 5.74) is 0.735. The number of rotatable bonds is 6. The zero-order valence-electron chi connectivity index (χ0n) is 13.3. The van der Waals surface area contributed by atoms with Crippen molar-refractivity contribution in [3.63, 3.8) is 0 Å². The van der Waals surface area contributed by atoms with Crippen LogP contribution in [0.25, 0.3) is 0 Å². The van der Waals surface area contributed by atoms with E-state index in [-0.39, 0.29) is 23.5 Å². The van der Waals surface area contributed by atoms with Gasteiger partial charge in [-0.05, 0) is 29.8 Å². The molecule has 7 heteroatoms. The van der Waals surface area contributed by atoms with Crippen LogP contribution < -0.4 is 9.47 Å². The van der Waals surface area contributed by atoms with Crippen LogP contribution in [-0.2, 0) is 16.1 Å². The Morgan fingerprint density at radius 1 is 1.20 bits per heavy atom. The Balaban J connectivity index is 1.86. The third-order valence-corrected chi connectivity index (χ3v) is 3.58. The number of carboxylic acid groups (broad SMARTS) is 1. The van der Waals surface area contributed by atoms with Crippen molar-refractivity contribution in [2.24, 2.45) is 0 Å². The topological polar surface area (TPSA) is 74.2 Å². The largest absolute Gasteiger partial charge is 0.497 e. The van der Waals surface area contributed by atoms with Gasteiger partial charge in [-0.15, -0.1) is 0 Å². The first-order valence-electron chi connectivity index (χ1n) is 7.37. The monoisotopic (exact) mass is 346 g/mol. The van der Waals surface area contributed by atoms with Crippen LogP contribution in [0.4, 0.5) is 4.39 Å². The highest BCUT2D eigenvalue weighted by Gasteiger charge is 2.26. The highest BCUT2D eigenvalue weighted by Crippen LogP contribution is 2.35. The van der Waals surface area contributed by atoms with Gasteiger partial charge in [-0.3, -0.25) is 0 Å².